The number of nitrogens with zero attached hydrogens (tertiary/aromatic N) is 4. The summed E-state index contributed by atoms with van der Waals surface area (Å²) in [5.74, 6) is 0.797. The number of benzene rings is 1. The van der Waals surface area contributed by atoms with E-state index >= 15 is 0 Å². The van der Waals surface area contributed by atoms with Crippen molar-refractivity contribution in [3.8, 4) is 0 Å². The zero-order valence-corrected chi connectivity index (χ0v) is 18.8. The summed E-state index contributed by atoms with van der Waals surface area (Å²) in [6.45, 7) is 7.22. The van der Waals surface area contributed by atoms with Crippen LogP contribution in [-0.4, -0.2) is 65.8 Å². The standard InChI is InChI=1S/C24H30ClN5O/c1-2-21-23(30-15-18(25)7-10-22(30)27-21)24(31)26-14-17-5-8-19(9-6-17)29-13-12-28-11-3-4-20(28)16-29/h5-10,15,20-21,23H,2-4,11-14,16H2,1H3,(H,26,31). The normalized spacial score (nSPS) is 27.6. The molecule has 1 N–H and O–H groups in total. The van der Waals surface area contributed by atoms with Crippen LogP contribution in [0, 0.1) is 0 Å². The highest BCUT2D eigenvalue weighted by molar-refractivity contribution is 6.32. The Morgan fingerprint density at radius 3 is 2.84 bits per heavy atom. The van der Waals surface area contributed by atoms with E-state index in [4.69, 9.17) is 11.6 Å². The van der Waals surface area contributed by atoms with Crippen LogP contribution in [0.25, 0.3) is 0 Å². The van der Waals surface area contributed by atoms with Gasteiger partial charge in [-0.05, 0) is 55.7 Å². The maximum absolute atomic E-state index is 13.0. The van der Waals surface area contributed by atoms with Gasteiger partial charge >= 0.3 is 0 Å². The van der Waals surface area contributed by atoms with Crippen molar-refractivity contribution in [2.75, 3.05) is 31.1 Å². The number of hydrogen-bond donors (Lipinski definition) is 1. The quantitative estimate of drug-likeness (QED) is 0.766. The smallest absolute Gasteiger partial charge is 0.245 e. The highest BCUT2D eigenvalue weighted by atomic mass is 35.5. The SMILES string of the molecule is CCC1N=C2C=CC(Cl)=CN2C1C(=O)NCc1ccc(N2CCN3CCCC3C2)cc1. The number of amidine groups is 1. The Bertz CT molecular complexity index is 924. The number of nitrogens with one attached hydrogen (secondary N) is 1. The molecule has 5 rings (SSSR count). The zero-order valence-electron chi connectivity index (χ0n) is 18.0. The Kier molecular flexibility index (Phi) is 5.76. The highest BCUT2D eigenvalue weighted by Crippen LogP contribution is 2.27. The van der Waals surface area contributed by atoms with Crippen LogP contribution < -0.4 is 10.2 Å². The van der Waals surface area contributed by atoms with Gasteiger partial charge in [-0.25, -0.2) is 0 Å². The molecule has 3 unspecified atom stereocenters. The van der Waals surface area contributed by atoms with Gasteiger partial charge in [-0.2, -0.15) is 0 Å². The number of carbonyl (C=O) groups is 1. The van der Waals surface area contributed by atoms with Crippen LogP contribution in [0.3, 0.4) is 0 Å². The lowest BCUT2D eigenvalue weighted by Crippen LogP contribution is -2.50. The van der Waals surface area contributed by atoms with Crippen molar-refractivity contribution in [3.63, 3.8) is 0 Å². The van der Waals surface area contributed by atoms with Gasteiger partial charge in [0.05, 0.1) is 11.1 Å². The summed E-state index contributed by atoms with van der Waals surface area (Å²) >= 11 is 6.16. The summed E-state index contributed by atoms with van der Waals surface area (Å²) in [4.78, 5) is 24.7. The zero-order chi connectivity index (χ0) is 21.4. The molecular weight excluding hydrogens is 410 g/mol. The fraction of sp³-hybridized carbons (Fsp3) is 0.500. The predicted molar refractivity (Wildman–Crippen MR) is 125 cm³/mol. The van der Waals surface area contributed by atoms with E-state index in [2.05, 4.69) is 51.3 Å². The molecule has 4 aliphatic heterocycles. The molecule has 2 saturated heterocycles. The lowest BCUT2D eigenvalue weighted by molar-refractivity contribution is -0.124. The first-order valence-electron chi connectivity index (χ1n) is 11.4. The number of halogens is 1. The Morgan fingerprint density at radius 1 is 1.19 bits per heavy atom. The van der Waals surface area contributed by atoms with Gasteiger partial charge in [-0.1, -0.05) is 30.7 Å². The minimum Gasteiger partial charge on any atom is -0.369 e. The average molecular weight is 440 g/mol. The molecule has 3 atom stereocenters. The Balaban J connectivity index is 1.19. The van der Waals surface area contributed by atoms with Crippen LogP contribution in [0.1, 0.15) is 31.7 Å². The first kappa shape index (κ1) is 20.6. The largest absolute Gasteiger partial charge is 0.369 e. The summed E-state index contributed by atoms with van der Waals surface area (Å²) in [6.07, 6.45) is 8.96. The highest BCUT2D eigenvalue weighted by Gasteiger charge is 2.39. The molecule has 31 heavy (non-hydrogen) atoms. The number of anilines is 1. The molecule has 0 saturated carbocycles. The molecule has 0 bridgehead atoms. The number of fused-ring (bicyclic) bond motifs is 2. The van der Waals surface area contributed by atoms with Gasteiger partial charge in [-0.15, -0.1) is 0 Å². The number of amides is 1. The predicted octanol–water partition coefficient (Wildman–Crippen LogP) is 3.10. The van der Waals surface area contributed by atoms with Gasteiger partial charge in [0, 0.05) is 44.1 Å². The van der Waals surface area contributed by atoms with Crippen molar-refractivity contribution in [3.05, 3.63) is 53.2 Å². The van der Waals surface area contributed by atoms with E-state index in [1.807, 2.05) is 17.1 Å². The van der Waals surface area contributed by atoms with Crippen molar-refractivity contribution in [1.82, 2.24) is 15.1 Å². The molecule has 0 spiro atoms. The van der Waals surface area contributed by atoms with Gasteiger partial charge < -0.3 is 15.1 Å². The number of aliphatic imine (C=N–C) groups is 1. The number of allylic oxidation sites excluding steroid dienone is 2. The van der Waals surface area contributed by atoms with Crippen LogP contribution in [0.4, 0.5) is 5.69 Å². The van der Waals surface area contributed by atoms with E-state index in [1.165, 1.54) is 25.1 Å². The summed E-state index contributed by atoms with van der Waals surface area (Å²) in [6, 6.07) is 8.95. The van der Waals surface area contributed by atoms with Crippen LogP contribution in [0.2, 0.25) is 0 Å². The summed E-state index contributed by atoms with van der Waals surface area (Å²) in [5.41, 5.74) is 2.39. The molecule has 4 heterocycles. The minimum atomic E-state index is -0.347. The van der Waals surface area contributed by atoms with Crippen LogP contribution >= 0.6 is 11.6 Å². The third-order valence-electron chi connectivity index (χ3n) is 6.92. The summed E-state index contributed by atoms with van der Waals surface area (Å²) < 4.78 is 0. The first-order valence-corrected chi connectivity index (χ1v) is 11.8. The van der Waals surface area contributed by atoms with E-state index in [0.717, 1.165) is 37.5 Å². The van der Waals surface area contributed by atoms with Gasteiger partial charge in [-0.3, -0.25) is 14.7 Å². The maximum Gasteiger partial charge on any atom is 0.245 e. The lowest BCUT2D eigenvalue weighted by atomic mass is 10.1. The van der Waals surface area contributed by atoms with E-state index in [0.29, 0.717) is 17.6 Å². The molecule has 4 aliphatic rings. The average Bonchev–Trinajstić information content (AvgIpc) is 3.41. The Labute approximate surface area is 189 Å². The molecular formula is C24H30ClN5O. The molecule has 0 radical (unpaired) electrons. The van der Waals surface area contributed by atoms with Crippen LogP contribution in [-0.2, 0) is 11.3 Å². The first-order chi connectivity index (χ1) is 15.1. The second-order valence-corrected chi connectivity index (χ2v) is 9.26. The van der Waals surface area contributed by atoms with E-state index < -0.39 is 0 Å². The minimum absolute atomic E-state index is 0.0111. The lowest BCUT2D eigenvalue weighted by Gasteiger charge is -2.38. The van der Waals surface area contributed by atoms with Crippen LogP contribution in [0.15, 0.2) is 52.6 Å². The van der Waals surface area contributed by atoms with E-state index in [1.54, 1.807) is 6.20 Å². The molecule has 1 aromatic rings. The van der Waals surface area contributed by atoms with Gasteiger partial charge in [0.25, 0.3) is 0 Å². The van der Waals surface area contributed by atoms with Crippen molar-refractivity contribution in [1.29, 1.82) is 0 Å². The molecule has 1 aromatic carbocycles. The molecule has 1 amide bonds. The second kappa shape index (κ2) is 8.67. The molecule has 7 heteroatoms. The van der Waals surface area contributed by atoms with Gasteiger partial charge in [0.15, 0.2) is 0 Å². The molecule has 0 aromatic heterocycles. The number of piperazine rings is 1. The second-order valence-electron chi connectivity index (χ2n) is 8.82. The van der Waals surface area contributed by atoms with Crippen molar-refractivity contribution < 1.29 is 4.79 Å². The number of rotatable bonds is 5. The molecule has 164 valence electrons. The topological polar surface area (TPSA) is 51.2 Å². The van der Waals surface area contributed by atoms with Gasteiger partial charge in [0.2, 0.25) is 5.91 Å². The monoisotopic (exact) mass is 439 g/mol. The van der Waals surface area contributed by atoms with E-state index in [-0.39, 0.29) is 18.0 Å². The third-order valence-corrected chi connectivity index (χ3v) is 7.15. The fourth-order valence-corrected chi connectivity index (χ4v) is 5.37. The maximum atomic E-state index is 13.0. The fourth-order valence-electron chi connectivity index (χ4n) is 5.20. The Hall–Kier alpha value is -2.31. The van der Waals surface area contributed by atoms with Crippen molar-refractivity contribution in [2.24, 2.45) is 4.99 Å². The van der Waals surface area contributed by atoms with Crippen LogP contribution in [0.5, 0.6) is 0 Å². The van der Waals surface area contributed by atoms with Crippen molar-refractivity contribution >= 4 is 29.0 Å². The summed E-state index contributed by atoms with van der Waals surface area (Å²) in [7, 11) is 0. The van der Waals surface area contributed by atoms with Gasteiger partial charge in [0.1, 0.15) is 11.9 Å². The number of hydrogen-bond acceptors (Lipinski definition) is 5. The van der Waals surface area contributed by atoms with Crippen molar-refractivity contribution in [2.45, 2.75) is 50.9 Å². The Morgan fingerprint density at radius 2 is 2.03 bits per heavy atom. The number of carbonyl (C=O) groups excluding carboxylic acids is 1. The molecule has 6 nitrogen and oxygen atoms in total. The third kappa shape index (κ3) is 4.11. The molecule has 2 fully saturated rings. The summed E-state index contributed by atoms with van der Waals surface area (Å²) in [5, 5.41) is 3.73. The van der Waals surface area contributed by atoms with E-state index in [9.17, 15) is 4.79 Å². The molecule has 0 aliphatic carbocycles.